The Morgan fingerprint density at radius 2 is 1.55 bits per heavy atom. The molecular weight excluding hydrogens is 773 g/mol. The number of hydrogen-bond donors (Lipinski definition) is 0. The van der Waals surface area contributed by atoms with Crippen molar-refractivity contribution in [3.05, 3.63) is 143 Å². The molecule has 47 heavy (non-hydrogen) atoms. The van der Waals surface area contributed by atoms with Gasteiger partial charge in [0, 0.05) is 44.1 Å². The van der Waals surface area contributed by atoms with Gasteiger partial charge in [0.05, 0.1) is 10.3 Å². The first-order valence-electron chi connectivity index (χ1n) is 15.9. The molecule has 0 bridgehead atoms. The van der Waals surface area contributed by atoms with Crippen LogP contribution in [-0.2, 0) is 20.1 Å². The van der Waals surface area contributed by atoms with Crippen LogP contribution in [0.4, 0.5) is 0 Å². The normalized spacial score (nSPS) is 11.6. The number of nitrogens with zero attached hydrogens (tertiary/aromatic N) is 2. The number of hydrogen-bond acceptors (Lipinski definition) is 4. The molecule has 0 spiro atoms. The molecule has 1 radical (unpaired) electrons. The van der Waals surface area contributed by atoms with Gasteiger partial charge in [-0.1, -0.05) is 73.3 Å². The van der Waals surface area contributed by atoms with Crippen LogP contribution >= 0.6 is 11.3 Å². The van der Waals surface area contributed by atoms with Gasteiger partial charge in [0.1, 0.15) is 5.58 Å². The van der Waals surface area contributed by atoms with Crippen LogP contribution in [0.5, 0.6) is 0 Å². The summed E-state index contributed by atoms with van der Waals surface area (Å²) in [7, 11) is 0. The van der Waals surface area contributed by atoms with Crippen molar-refractivity contribution >= 4 is 43.4 Å². The molecule has 8 rings (SSSR count). The minimum absolute atomic E-state index is 0. The van der Waals surface area contributed by atoms with Crippen LogP contribution in [0.3, 0.4) is 0 Å². The van der Waals surface area contributed by atoms with Crippen molar-refractivity contribution in [1.29, 1.82) is 0 Å². The molecular formula is C42H34IrN2OS-2. The van der Waals surface area contributed by atoms with E-state index in [1.165, 1.54) is 31.7 Å². The molecule has 0 aliphatic rings. The summed E-state index contributed by atoms with van der Waals surface area (Å²) in [5, 5.41) is 3.40. The molecule has 5 heteroatoms. The van der Waals surface area contributed by atoms with Crippen molar-refractivity contribution in [2.45, 2.75) is 40.5 Å². The Balaban J connectivity index is 0.000000260. The fraction of sp³-hybridized carbons (Fsp3) is 0.143. The van der Waals surface area contributed by atoms with Crippen molar-refractivity contribution in [2.24, 2.45) is 0 Å². The summed E-state index contributed by atoms with van der Waals surface area (Å²) in [6.07, 6.45) is 3.65. The van der Waals surface area contributed by atoms with Crippen molar-refractivity contribution < 1.29 is 25.9 Å². The van der Waals surface area contributed by atoms with Gasteiger partial charge in [-0.25, -0.2) is 0 Å². The number of thiophene rings is 1. The Morgan fingerprint density at radius 3 is 2.28 bits per heavy atom. The molecule has 235 valence electrons. The predicted molar refractivity (Wildman–Crippen MR) is 193 cm³/mol. The Bertz CT molecular complexity index is 2320. The summed E-state index contributed by atoms with van der Waals surface area (Å²) in [5.74, 6) is -0.784. The van der Waals surface area contributed by atoms with E-state index in [-0.39, 0.29) is 20.1 Å². The third kappa shape index (κ3) is 6.32. The monoisotopic (exact) mass is 808 g/mol. The molecule has 0 aliphatic carbocycles. The summed E-state index contributed by atoms with van der Waals surface area (Å²) in [6, 6.07) is 39.2. The van der Waals surface area contributed by atoms with Crippen LogP contribution in [0.15, 0.2) is 114 Å². The standard InChI is InChI=1S/C31H26NOS.C11H8N.Ir/c1-17(2)26-16-32-27(15-25(26)28-18(3)8-6-9-19(28)4)24-11-7-10-22-23-13-12-21-14-20(5)34-31(21)30(23)33-29(22)24;1-2-6-10(7-3-1)11-8-4-5-9-12-11;/h6-10,12-17H,1-5H3;1-6,8-9H;/q2*-1;/i17D;;. The molecule has 0 saturated heterocycles. The van der Waals surface area contributed by atoms with Crippen molar-refractivity contribution in [3.63, 3.8) is 0 Å². The number of fused-ring (bicyclic) bond motifs is 5. The third-order valence-corrected chi connectivity index (χ3v) is 9.37. The van der Waals surface area contributed by atoms with Crippen LogP contribution < -0.4 is 0 Å². The van der Waals surface area contributed by atoms with Crippen LogP contribution in [0.25, 0.3) is 65.7 Å². The number of furan rings is 1. The smallest absolute Gasteiger partial charge is 0.138 e. The molecule has 3 nitrogen and oxygen atoms in total. The third-order valence-electron chi connectivity index (χ3n) is 8.31. The fourth-order valence-corrected chi connectivity index (χ4v) is 7.12. The molecule has 4 aromatic heterocycles. The zero-order chi connectivity index (χ0) is 32.7. The molecule has 0 N–H and O–H groups in total. The van der Waals surface area contributed by atoms with Gasteiger partial charge < -0.3 is 14.4 Å². The zero-order valence-electron chi connectivity index (χ0n) is 27.9. The number of benzene rings is 4. The van der Waals surface area contributed by atoms with Gasteiger partial charge in [0.25, 0.3) is 0 Å². The first-order valence-corrected chi connectivity index (χ1v) is 16.2. The summed E-state index contributed by atoms with van der Waals surface area (Å²) < 4.78 is 16.5. The fourth-order valence-electron chi connectivity index (χ4n) is 6.13. The van der Waals surface area contributed by atoms with E-state index in [0.29, 0.717) is 0 Å². The molecule has 0 atom stereocenters. The van der Waals surface area contributed by atoms with Gasteiger partial charge in [-0.2, -0.15) is 0 Å². The average molecular weight is 808 g/mol. The summed E-state index contributed by atoms with van der Waals surface area (Å²) in [5.41, 5.74) is 10.9. The molecule has 0 amide bonds. The van der Waals surface area contributed by atoms with Gasteiger partial charge in [-0.15, -0.1) is 65.4 Å². The molecule has 0 fully saturated rings. The Hall–Kier alpha value is -4.41. The second-order valence-corrected chi connectivity index (χ2v) is 13.0. The quantitative estimate of drug-likeness (QED) is 0.166. The maximum atomic E-state index is 8.80. The molecule has 0 aliphatic heterocycles. The topological polar surface area (TPSA) is 38.9 Å². The molecule has 0 saturated carbocycles. The predicted octanol–water partition coefficient (Wildman–Crippen LogP) is 11.9. The van der Waals surface area contributed by atoms with Crippen molar-refractivity contribution in [3.8, 4) is 33.6 Å². The second-order valence-electron chi connectivity index (χ2n) is 11.8. The Labute approximate surface area is 295 Å². The van der Waals surface area contributed by atoms with E-state index in [1.807, 2.05) is 68.6 Å². The van der Waals surface area contributed by atoms with E-state index in [4.69, 9.17) is 10.8 Å². The molecule has 0 unspecified atom stereocenters. The summed E-state index contributed by atoms with van der Waals surface area (Å²) >= 11 is 1.77. The van der Waals surface area contributed by atoms with Gasteiger partial charge in [0.15, 0.2) is 0 Å². The zero-order valence-corrected chi connectivity index (χ0v) is 30.1. The Morgan fingerprint density at radius 1 is 0.766 bits per heavy atom. The molecule has 8 aromatic rings. The van der Waals surface area contributed by atoms with Gasteiger partial charge in [-0.05, 0) is 83.4 Å². The van der Waals surface area contributed by atoms with E-state index >= 15 is 0 Å². The maximum absolute atomic E-state index is 8.80. The van der Waals surface area contributed by atoms with Crippen molar-refractivity contribution in [1.82, 2.24) is 9.97 Å². The number of aromatic nitrogens is 2. The van der Waals surface area contributed by atoms with E-state index in [9.17, 15) is 0 Å². The van der Waals surface area contributed by atoms with Crippen LogP contribution in [0.2, 0.25) is 0 Å². The van der Waals surface area contributed by atoms with Crippen LogP contribution in [0, 0.1) is 32.9 Å². The van der Waals surface area contributed by atoms with Gasteiger partial charge in [-0.3, -0.25) is 0 Å². The maximum Gasteiger partial charge on any atom is 0.138 e. The van der Waals surface area contributed by atoms with Gasteiger partial charge in [0.2, 0.25) is 0 Å². The minimum Gasteiger partial charge on any atom is -0.499 e. The average Bonchev–Trinajstić information content (AvgIpc) is 3.65. The largest absolute Gasteiger partial charge is 0.499 e. The van der Waals surface area contributed by atoms with Gasteiger partial charge >= 0.3 is 0 Å². The summed E-state index contributed by atoms with van der Waals surface area (Å²) in [6.45, 7) is 10.2. The van der Waals surface area contributed by atoms with E-state index in [1.54, 1.807) is 17.5 Å². The van der Waals surface area contributed by atoms with Crippen LogP contribution in [-0.4, -0.2) is 9.97 Å². The number of pyridine rings is 2. The second kappa shape index (κ2) is 13.8. The Kier molecular flexibility index (Phi) is 9.13. The first-order chi connectivity index (χ1) is 22.7. The molecule has 4 aromatic carbocycles. The van der Waals surface area contributed by atoms with E-state index in [0.717, 1.165) is 55.6 Å². The molecule has 4 heterocycles. The minimum atomic E-state index is -0.784. The van der Waals surface area contributed by atoms with Crippen LogP contribution in [0.1, 0.15) is 42.7 Å². The number of aryl methyl sites for hydroxylation is 3. The van der Waals surface area contributed by atoms with Crippen molar-refractivity contribution in [2.75, 3.05) is 0 Å². The summed E-state index contributed by atoms with van der Waals surface area (Å²) in [4.78, 5) is 10.3. The first kappa shape index (κ1) is 31.2. The van der Waals surface area contributed by atoms with E-state index < -0.39 is 5.89 Å². The van der Waals surface area contributed by atoms with E-state index in [2.05, 4.69) is 86.4 Å². The SMILES string of the molecule is [2H]C(C)(C)c1cnc(-c2[c-]ccc3c2oc2c3ccc3cc(C)sc32)cc1-c1c(C)cccc1C.[Ir].[c-]1ccccc1-c1ccccn1. The number of rotatable bonds is 4.